The third-order valence-electron chi connectivity index (χ3n) is 27.5. The van der Waals surface area contributed by atoms with Gasteiger partial charge in [0.25, 0.3) is 0 Å². The van der Waals surface area contributed by atoms with Gasteiger partial charge in [0.2, 0.25) is 0 Å². The van der Waals surface area contributed by atoms with Gasteiger partial charge in [-0.25, -0.2) is 0 Å². The van der Waals surface area contributed by atoms with Crippen LogP contribution in [0, 0.1) is 0 Å². The Balaban J connectivity index is 0.589. The van der Waals surface area contributed by atoms with Crippen LogP contribution in [-0.2, 0) is 16.2 Å². The maximum absolute atomic E-state index is 7.21. The number of rotatable bonds is 12. The second kappa shape index (κ2) is 26.8. The highest BCUT2D eigenvalue weighted by molar-refractivity contribution is 6.12. The van der Waals surface area contributed by atoms with E-state index in [1.807, 2.05) is 0 Å². The monoisotopic (exact) mass is 1550 g/mol. The molecule has 0 bridgehead atoms. The molecule has 20 aromatic rings. The molecule has 570 valence electrons. The van der Waals surface area contributed by atoms with Gasteiger partial charge in [0.05, 0.1) is 16.5 Å². The van der Waals surface area contributed by atoms with Crippen LogP contribution in [0.1, 0.15) is 69.5 Å². The molecule has 0 saturated heterocycles. The maximum Gasteiger partial charge on any atom is 0.159 e. The molecular formula is C119H78N2O. The zero-order chi connectivity index (χ0) is 80.5. The van der Waals surface area contributed by atoms with Crippen molar-refractivity contribution in [3.63, 3.8) is 0 Å². The fraction of sp³-hybridized carbons (Fsp3) is 0.0420. The van der Waals surface area contributed by atoms with Crippen molar-refractivity contribution in [1.29, 1.82) is 0 Å². The third-order valence-corrected chi connectivity index (χ3v) is 27.5. The second-order valence-electron chi connectivity index (χ2n) is 34.1. The first-order valence-corrected chi connectivity index (χ1v) is 42.6. The smallest absolute Gasteiger partial charge is 0.159 e. The van der Waals surface area contributed by atoms with Crippen molar-refractivity contribution in [1.82, 2.24) is 0 Å². The Morgan fingerprint density at radius 2 is 0.492 bits per heavy atom. The van der Waals surface area contributed by atoms with Crippen molar-refractivity contribution in [2.45, 2.75) is 30.1 Å². The molecule has 19 aromatic carbocycles. The fourth-order valence-electron chi connectivity index (χ4n) is 22.0. The number of benzene rings is 19. The molecule has 1 aromatic heterocycles. The summed E-state index contributed by atoms with van der Waals surface area (Å²) >= 11 is 0. The van der Waals surface area contributed by atoms with Crippen LogP contribution in [0.5, 0.6) is 0 Å². The summed E-state index contributed by atoms with van der Waals surface area (Å²) in [5.41, 5.74) is 46.8. The average Bonchev–Trinajstić information content (AvgIpc) is 1.51. The third kappa shape index (κ3) is 10.2. The lowest BCUT2D eigenvalue weighted by Crippen LogP contribution is -2.25. The van der Waals surface area contributed by atoms with Crippen molar-refractivity contribution in [2.75, 3.05) is 9.80 Å². The summed E-state index contributed by atoms with van der Waals surface area (Å²) in [4.78, 5) is 4.85. The van der Waals surface area contributed by atoms with Crippen LogP contribution in [0.15, 0.2) is 441 Å². The Bertz CT molecular complexity index is 7590. The lowest BCUT2D eigenvalue weighted by molar-refractivity contribution is 0.660. The van der Waals surface area contributed by atoms with Crippen LogP contribution >= 0.6 is 0 Å². The van der Waals surface area contributed by atoms with Crippen molar-refractivity contribution in [3.05, 3.63) is 492 Å². The predicted molar refractivity (Wildman–Crippen MR) is 506 cm³/mol. The van der Waals surface area contributed by atoms with Crippen LogP contribution < -0.4 is 9.80 Å². The van der Waals surface area contributed by atoms with E-state index in [9.17, 15) is 0 Å². The highest BCUT2D eigenvalue weighted by atomic mass is 16.3. The van der Waals surface area contributed by atoms with Gasteiger partial charge < -0.3 is 14.2 Å². The topological polar surface area (TPSA) is 19.6 Å². The molecule has 3 heteroatoms. The molecule has 0 atom stereocenters. The Labute approximate surface area is 710 Å². The molecule has 5 aliphatic carbocycles. The summed E-state index contributed by atoms with van der Waals surface area (Å²) in [6, 6.07) is 163. The highest BCUT2D eigenvalue weighted by Gasteiger charge is 2.53. The number of furan rings is 1. The molecule has 122 heavy (non-hydrogen) atoms. The quantitative estimate of drug-likeness (QED) is 0.122. The van der Waals surface area contributed by atoms with E-state index < -0.39 is 10.8 Å². The molecular weight excluding hydrogens is 1470 g/mol. The number of hydrogen-bond donors (Lipinski definition) is 0. The van der Waals surface area contributed by atoms with Crippen LogP contribution in [0.4, 0.5) is 34.1 Å². The van der Waals surface area contributed by atoms with Gasteiger partial charge in [-0.2, -0.15) is 0 Å². The Morgan fingerprint density at radius 1 is 0.180 bits per heavy atom. The molecule has 0 unspecified atom stereocenters. The number of nitrogens with zero attached hydrogens (tertiary/aromatic N) is 2. The second-order valence-corrected chi connectivity index (χ2v) is 34.1. The highest BCUT2D eigenvalue weighted by Crippen LogP contribution is 2.66. The summed E-state index contributed by atoms with van der Waals surface area (Å²) in [7, 11) is 0. The minimum Gasteiger partial charge on any atom is -0.454 e. The minimum atomic E-state index is -0.441. The summed E-state index contributed by atoms with van der Waals surface area (Å²) in [5.74, 6) is 0. The number of fused-ring (bicyclic) bond motifs is 26. The van der Waals surface area contributed by atoms with E-state index in [0.717, 1.165) is 106 Å². The Kier molecular flexibility index (Phi) is 15.3. The molecule has 0 amide bonds. The number of hydrogen-bond acceptors (Lipinski definition) is 3. The molecule has 1 heterocycles. The summed E-state index contributed by atoms with van der Waals surface area (Å²) in [5, 5.41) is 2.09. The van der Waals surface area contributed by atoms with Crippen molar-refractivity contribution >= 4 is 56.1 Å². The molecule has 0 fully saturated rings. The van der Waals surface area contributed by atoms with E-state index in [0.29, 0.717) is 0 Å². The molecule has 25 rings (SSSR count). The number of para-hydroxylation sites is 1. The molecule has 5 aliphatic rings. The SMILES string of the molecule is CC1(C)c2ccccc2-c2ccc(N(c3ccc(-c4ccc5c(c4)C4(c6ccccc6-c6ccccc64)c4ccccc4-5)cc3)c3cc(-c4ccccc4)cc(-c4cccc(-c5ccc6oc7c(N(c8ccc(-c9ccccc9)cc8)c8ccc(-c9ccc%10c(c9)C9(c%11ccccc%11-c%11ccccc%119)c9ccccc9-%10)cc8)cccc7c6c5)c4)c3)cc21. The number of anilines is 6. The zero-order valence-corrected chi connectivity index (χ0v) is 67.4. The van der Waals surface area contributed by atoms with Gasteiger partial charge in [0, 0.05) is 44.6 Å². The molecule has 0 N–H and O–H groups in total. The van der Waals surface area contributed by atoms with Gasteiger partial charge in [-0.1, -0.05) is 347 Å². The Morgan fingerprint density at radius 3 is 0.975 bits per heavy atom. The van der Waals surface area contributed by atoms with Crippen LogP contribution in [0.2, 0.25) is 0 Å². The van der Waals surface area contributed by atoms with Crippen molar-refractivity contribution < 1.29 is 4.42 Å². The first-order valence-electron chi connectivity index (χ1n) is 42.6. The standard InChI is InChI=1S/C119H78N2O/c1-117(2)104-39-16-9-31-92(104)99-65-62-90(74-111(99)117)120(87-56-49-78(50-57-87)83-53-63-100-97-36-14-21-44-109(97)118(112(100)72-83)105-40-17-10-32-93(105)94-33-11-18-41-106(94)118)91-69-85(76-27-7-4-8-28-76)68-86(70-91)81-30-23-29-80(67-81)82-55-66-115-103(71-82)102-38-24-46-114(116(102)122-115)121(88-58-47-77(48-59-88)75-25-5-3-6-26-75)89-60-51-79(52-61-89)84-54-64-101-98-37-15-22-45-110(98)119(113(101)73-84)107-42-19-12-34-95(107)96-35-13-20-43-108(96)119/h3-74H,1-2H3. The van der Waals surface area contributed by atoms with Gasteiger partial charge in [0.1, 0.15) is 5.58 Å². The summed E-state index contributed by atoms with van der Waals surface area (Å²) in [6.45, 7) is 4.76. The summed E-state index contributed by atoms with van der Waals surface area (Å²) < 4.78 is 7.21. The zero-order valence-electron chi connectivity index (χ0n) is 67.4. The van der Waals surface area contributed by atoms with Crippen LogP contribution in [0.25, 0.3) is 144 Å². The van der Waals surface area contributed by atoms with Gasteiger partial charge in [-0.15, -0.1) is 0 Å². The van der Waals surface area contributed by atoms with E-state index in [1.54, 1.807) is 0 Å². The van der Waals surface area contributed by atoms with Crippen molar-refractivity contribution in [2.24, 2.45) is 0 Å². The van der Waals surface area contributed by atoms with Crippen LogP contribution in [-0.4, -0.2) is 0 Å². The molecule has 0 aliphatic heterocycles. The normalized spacial score (nSPS) is 13.7. The molecule has 2 spiro atoms. The van der Waals surface area contributed by atoms with E-state index in [4.69, 9.17) is 4.42 Å². The van der Waals surface area contributed by atoms with E-state index in [1.165, 1.54) is 128 Å². The van der Waals surface area contributed by atoms with E-state index in [2.05, 4.69) is 460 Å². The van der Waals surface area contributed by atoms with Gasteiger partial charge in [0.15, 0.2) is 5.58 Å². The van der Waals surface area contributed by atoms with Gasteiger partial charge in [-0.3, -0.25) is 0 Å². The first-order chi connectivity index (χ1) is 60.2. The largest absolute Gasteiger partial charge is 0.454 e. The molecule has 3 nitrogen and oxygen atoms in total. The minimum absolute atomic E-state index is 0.221. The van der Waals surface area contributed by atoms with Crippen molar-refractivity contribution in [3.8, 4) is 122 Å². The van der Waals surface area contributed by atoms with E-state index in [-0.39, 0.29) is 5.41 Å². The van der Waals surface area contributed by atoms with Crippen LogP contribution in [0.3, 0.4) is 0 Å². The maximum atomic E-state index is 7.21. The molecule has 0 saturated carbocycles. The fourth-order valence-corrected chi connectivity index (χ4v) is 22.0. The van der Waals surface area contributed by atoms with Gasteiger partial charge in [-0.05, 0) is 281 Å². The lowest BCUT2D eigenvalue weighted by atomic mass is 9.70. The Hall–Kier alpha value is -15.4. The summed E-state index contributed by atoms with van der Waals surface area (Å²) in [6.07, 6.45) is 0. The predicted octanol–water partition coefficient (Wildman–Crippen LogP) is 31.5. The lowest BCUT2D eigenvalue weighted by Gasteiger charge is -2.30. The van der Waals surface area contributed by atoms with Gasteiger partial charge >= 0.3 is 0 Å². The first kappa shape index (κ1) is 69.7. The average molecular weight is 1550 g/mol. The van der Waals surface area contributed by atoms with E-state index >= 15 is 0 Å². The molecule has 0 radical (unpaired) electrons.